The van der Waals surface area contributed by atoms with Crippen LogP contribution < -0.4 is 19.7 Å². The molecule has 0 aromatic heterocycles. The van der Waals surface area contributed by atoms with E-state index in [0.29, 0.717) is 37.7 Å². The second-order valence-corrected chi connectivity index (χ2v) is 8.71. The molecule has 0 atom stereocenters. The van der Waals surface area contributed by atoms with Crippen LogP contribution >= 0.6 is 22.6 Å². The number of amides is 4. The van der Waals surface area contributed by atoms with Gasteiger partial charge in [-0.1, -0.05) is 30.3 Å². The molecule has 1 N–H and O–H groups in total. The smallest absolute Gasteiger partial charge is 0.336 e. The molecule has 0 bridgehead atoms. The molecule has 7 nitrogen and oxygen atoms in total. The van der Waals surface area contributed by atoms with Crippen LogP contribution in [0.5, 0.6) is 11.5 Å². The minimum atomic E-state index is -1.05. The number of imide groups is 2. The number of carbonyl (C=O) groups excluding carboxylic acids is 3. The Labute approximate surface area is 218 Å². The highest BCUT2D eigenvalue weighted by atomic mass is 127. The van der Waals surface area contributed by atoms with Crippen molar-refractivity contribution in [2.24, 2.45) is 0 Å². The second-order valence-electron chi connectivity index (χ2n) is 7.55. The van der Waals surface area contributed by atoms with E-state index in [1.54, 1.807) is 37.3 Å². The number of hydrogen-bond acceptors (Lipinski definition) is 5. The van der Waals surface area contributed by atoms with E-state index in [2.05, 4.69) is 5.32 Å². The summed E-state index contributed by atoms with van der Waals surface area (Å²) in [5.74, 6) is -2.39. The maximum Gasteiger partial charge on any atom is 0.336 e. The van der Waals surface area contributed by atoms with Crippen LogP contribution in [0.4, 0.5) is 19.3 Å². The molecule has 1 fully saturated rings. The number of urea groups is 1. The van der Waals surface area contributed by atoms with Gasteiger partial charge in [0.2, 0.25) is 0 Å². The van der Waals surface area contributed by atoms with Crippen LogP contribution in [0, 0.1) is 15.2 Å². The van der Waals surface area contributed by atoms with Crippen LogP contribution in [0.2, 0.25) is 0 Å². The molecule has 0 saturated carbocycles. The summed E-state index contributed by atoms with van der Waals surface area (Å²) in [4.78, 5) is 38.5. The van der Waals surface area contributed by atoms with Gasteiger partial charge >= 0.3 is 6.03 Å². The second kappa shape index (κ2) is 10.9. The Hall–Kier alpha value is -3.80. The minimum absolute atomic E-state index is 0.0379. The molecule has 3 aromatic carbocycles. The third-order valence-electron chi connectivity index (χ3n) is 5.17. The van der Waals surface area contributed by atoms with Gasteiger partial charge in [0, 0.05) is 5.56 Å². The first-order valence-corrected chi connectivity index (χ1v) is 11.9. The van der Waals surface area contributed by atoms with E-state index in [4.69, 9.17) is 9.47 Å². The maximum atomic E-state index is 14.3. The first-order valence-electron chi connectivity index (χ1n) is 10.8. The van der Waals surface area contributed by atoms with Crippen molar-refractivity contribution in [2.75, 3.05) is 11.5 Å². The molecule has 36 heavy (non-hydrogen) atoms. The largest absolute Gasteiger partial charge is 0.490 e. The van der Waals surface area contributed by atoms with E-state index in [1.165, 1.54) is 30.3 Å². The quantitative estimate of drug-likeness (QED) is 0.228. The fraction of sp³-hybridized carbons (Fsp3) is 0.115. The lowest BCUT2D eigenvalue weighted by molar-refractivity contribution is -0.122. The molecule has 1 aliphatic rings. The van der Waals surface area contributed by atoms with Gasteiger partial charge in [-0.2, -0.15) is 0 Å². The summed E-state index contributed by atoms with van der Waals surface area (Å²) in [6.45, 7) is 2.03. The number of halogens is 3. The summed E-state index contributed by atoms with van der Waals surface area (Å²) in [5.41, 5.74) is 0.128. The SMILES string of the molecule is CCOc1cc(/C=C2/C(=O)NC(=O)N(c3ccccc3F)C2=O)cc(I)c1OCc1ccccc1F. The number of anilines is 1. The molecule has 184 valence electrons. The van der Waals surface area contributed by atoms with Crippen molar-refractivity contribution in [2.45, 2.75) is 13.5 Å². The molecule has 0 aliphatic carbocycles. The molecular formula is C26H19F2IN2O5. The van der Waals surface area contributed by atoms with E-state index >= 15 is 0 Å². The van der Waals surface area contributed by atoms with Gasteiger partial charge in [0.05, 0.1) is 15.9 Å². The van der Waals surface area contributed by atoms with Gasteiger partial charge in [-0.05, 0) is 71.5 Å². The summed E-state index contributed by atoms with van der Waals surface area (Å²) in [7, 11) is 0. The Balaban J connectivity index is 1.68. The number of nitrogens with zero attached hydrogens (tertiary/aromatic N) is 1. The molecule has 1 aliphatic heterocycles. The fourth-order valence-corrected chi connectivity index (χ4v) is 4.30. The lowest BCUT2D eigenvalue weighted by Gasteiger charge is -2.26. The van der Waals surface area contributed by atoms with Gasteiger partial charge in [-0.25, -0.2) is 18.5 Å². The Bertz CT molecular complexity index is 1390. The Morgan fingerprint density at radius 2 is 1.67 bits per heavy atom. The van der Waals surface area contributed by atoms with E-state index in [9.17, 15) is 23.2 Å². The number of para-hydroxylation sites is 1. The topological polar surface area (TPSA) is 84.9 Å². The molecule has 0 radical (unpaired) electrons. The zero-order valence-electron chi connectivity index (χ0n) is 18.9. The standard InChI is InChI=1S/C26H19F2IN2O5/c1-2-35-22-13-15(12-20(29)23(22)36-14-16-7-3-4-8-18(16)27)11-17-24(32)30-26(34)31(25(17)33)21-10-6-5-9-19(21)28/h3-13H,2,14H2,1H3,(H,30,32,34)/b17-11-. The Morgan fingerprint density at radius 1 is 0.972 bits per heavy atom. The highest BCUT2D eigenvalue weighted by Gasteiger charge is 2.38. The molecule has 4 rings (SSSR count). The lowest BCUT2D eigenvalue weighted by atomic mass is 10.1. The fourth-order valence-electron chi connectivity index (χ4n) is 3.52. The van der Waals surface area contributed by atoms with E-state index in [1.807, 2.05) is 22.6 Å². The summed E-state index contributed by atoms with van der Waals surface area (Å²) < 4.78 is 40.4. The summed E-state index contributed by atoms with van der Waals surface area (Å²) in [6, 6.07) is 13.6. The highest BCUT2D eigenvalue weighted by Crippen LogP contribution is 2.36. The third-order valence-corrected chi connectivity index (χ3v) is 5.97. The van der Waals surface area contributed by atoms with Gasteiger partial charge in [-0.15, -0.1) is 0 Å². The molecule has 0 unspecified atom stereocenters. The van der Waals surface area contributed by atoms with Crippen molar-refractivity contribution in [3.05, 3.63) is 92.6 Å². The van der Waals surface area contributed by atoms with Crippen LogP contribution in [0.15, 0.2) is 66.2 Å². The van der Waals surface area contributed by atoms with Crippen molar-refractivity contribution in [1.82, 2.24) is 5.32 Å². The summed E-state index contributed by atoms with van der Waals surface area (Å²) >= 11 is 2.00. The Kier molecular flexibility index (Phi) is 7.63. The monoisotopic (exact) mass is 604 g/mol. The first kappa shape index (κ1) is 25.3. The third kappa shape index (κ3) is 5.23. The lowest BCUT2D eigenvalue weighted by Crippen LogP contribution is -2.54. The minimum Gasteiger partial charge on any atom is -0.490 e. The maximum absolute atomic E-state index is 14.3. The zero-order valence-corrected chi connectivity index (χ0v) is 21.0. The van der Waals surface area contributed by atoms with Gasteiger partial charge in [-0.3, -0.25) is 14.9 Å². The van der Waals surface area contributed by atoms with Gasteiger partial charge in [0.1, 0.15) is 23.8 Å². The van der Waals surface area contributed by atoms with E-state index in [0.717, 1.165) is 6.07 Å². The van der Waals surface area contributed by atoms with E-state index in [-0.39, 0.29) is 17.9 Å². The van der Waals surface area contributed by atoms with Crippen molar-refractivity contribution in [3.8, 4) is 11.5 Å². The number of nitrogens with one attached hydrogen (secondary N) is 1. The number of ether oxygens (including phenoxy) is 2. The number of hydrogen-bond donors (Lipinski definition) is 1. The molecule has 1 heterocycles. The average molecular weight is 604 g/mol. The predicted octanol–water partition coefficient (Wildman–Crippen LogP) is 5.21. The predicted molar refractivity (Wildman–Crippen MR) is 136 cm³/mol. The molecule has 1 saturated heterocycles. The zero-order chi connectivity index (χ0) is 25.8. The highest BCUT2D eigenvalue weighted by molar-refractivity contribution is 14.1. The Morgan fingerprint density at radius 3 is 2.36 bits per heavy atom. The average Bonchev–Trinajstić information content (AvgIpc) is 2.83. The van der Waals surface area contributed by atoms with Gasteiger partial charge in [0.15, 0.2) is 11.5 Å². The molecule has 3 aromatic rings. The molecule has 10 heteroatoms. The summed E-state index contributed by atoms with van der Waals surface area (Å²) in [6.07, 6.45) is 1.28. The molecule has 0 spiro atoms. The van der Waals surface area contributed by atoms with Crippen LogP contribution in [-0.4, -0.2) is 24.5 Å². The van der Waals surface area contributed by atoms with Crippen LogP contribution in [0.3, 0.4) is 0 Å². The number of carbonyl (C=O) groups is 3. The molecule has 4 amide bonds. The molecular weight excluding hydrogens is 585 g/mol. The summed E-state index contributed by atoms with van der Waals surface area (Å²) in [5, 5.41) is 2.06. The van der Waals surface area contributed by atoms with Gasteiger partial charge in [0.25, 0.3) is 11.8 Å². The van der Waals surface area contributed by atoms with Crippen LogP contribution in [0.25, 0.3) is 6.08 Å². The van der Waals surface area contributed by atoms with Crippen molar-refractivity contribution in [1.29, 1.82) is 0 Å². The van der Waals surface area contributed by atoms with Crippen LogP contribution in [0.1, 0.15) is 18.1 Å². The van der Waals surface area contributed by atoms with Crippen molar-refractivity contribution >= 4 is 52.2 Å². The number of rotatable bonds is 7. The van der Waals surface area contributed by atoms with Crippen molar-refractivity contribution < 1.29 is 32.6 Å². The normalized spacial score (nSPS) is 14.7. The van der Waals surface area contributed by atoms with Crippen LogP contribution in [-0.2, 0) is 16.2 Å². The van der Waals surface area contributed by atoms with Gasteiger partial charge < -0.3 is 9.47 Å². The first-order chi connectivity index (χ1) is 17.3. The van der Waals surface area contributed by atoms with Crippen molar-refractivity contribution in [3.63, 3.8) is 0 Å². The number of barbiturate groups is 1. The number of benzene rings is 3. The van der Waals surface area contributed by atoms with E-state index < -0.39 is 29.5 Å².